The fraction of sp³-hybridized carbons (Fsp3) is 0.800. The number of carbonyl (C=O) groups excluding carboxylic acids is 2. The minimum absolute atomic E-state index is 0.0810. The molecular formula is C15H25N3O4. The number of nitrogens with one attached hydrogen (secondary N) is 1. The molecular weight excluding hydrogens is 286 g/mol. The number of likely N-dealkylation sites (tertiary alicyclic amines) is 1. The molecule has 1 saturated heterocycles. The Morgan fingerprint density at radius 1 is 1.14 bits per heavy atom. The highest BCUT2D eigenvalue weighted by Crippen LogP contribution is 2.23. The van der Waals surface area contributed by atoms with E-state index in [1.807, 2.05) is 0 Å². The number of amides is 2. The van der Waals surface area contributed by atoms with Crippen LogP contribution in [0.1, 0.15) is 48.0 Å². The van der Waals surface area contributed by atoms with Crippen molar-refractivity contribution in [2.24, 2.45) is 0 Å². The summed E-state index contributed by atoms with van der Waals surface area (Å²) in [5, 5.41) is 12.0. The summed E-state index contributed by atoms with van der Waals surface area (Å²) in [6, 6.07) is 2.08. The molecule has 1 aliphatic rings. The lowest BCUT2D eigenvalue weighted by atomic mass is 10.0. The molecule has 0 aromatic rings. The minimum Gasteiger partial charge on any atom is -0.444 e. The molecule has 1 aliphatic heterocycles. The first-order valence-electron chi connectivity index (χ1n) is 7.26. The van der Waals surface area contributed by atoms with Crippen molar-refractivity contribution in [2.45, 2.75) is 64.7 Å². The number of nitrogens with zero attached hydrogens (tertiary/aromatic N) is 2. The molecule has 0 aliphatic carbocycles. The zero-order valence-corrected chi connectivity index (χ0v) is 14.1. The monoisotopic (exact) mass is 311 g/mol. The summed E-state index contributed by atoms with van der Waals surface area (Å²) in [4.78, 5) is 25.3. The molecule has 1 heterocycles. The van der Waals surface area contributed by atoms with Gasteiger partial charge in [-0.25, -0.2) is 9.59 Å². The molecule has 7 heteroatoms. The Bertz CT molecular complexity index is 484. The van der Waals surface area contributed by atoms with Gasteiger partial charge in [0.2, 0.25) is 0 Å². The third-order valence-electron chi connectivity index (χ3n) is 2.88. The maximum absolute atomic E-state index is 12.0. The fourth-order valence-electron chi connectivity index (χ4n) is 2.01. The Balaban J connectivity index is 2.69. The molecule has 2 amide bonds. The molecule has 7 nitrogen and oxygen atoms in total. The van der Waals surface area contributed by atoms with Crippen LogP contribution in [-0.4, -0.2) is 46.9 Å². The van der Waals surface area contributed by atoms with E-state index >= 15 is 0 Å². The number of carbonyl (C=O) groups is 2. The average Bonchev–Trinajstić information content (AvgIpc) is 2.69. The van der Waals surface area contributed by atoms with Crippen LogP contribution in [-0.2, 0) is 9.47 Å². The summed E-state index contributed by atoms with van der Waals surface area (Å²) in [7, 11) is 0. The van der Waals surface area contributed by atoms with Gasteiger partial charge in [-0.1, -0.05) is 0 Å². The van der Waals surface area contributed by atoms with E-state index in [4.69, 9.17) is 9.47 Å². The fourth-order valence-corrected chi connectivity index (χ4v) is 2.01. The van der Waals surface area contributed by atoms with Crippen molar-refractivity contribution in [1.82, 2.24) is 10.2 Å². The second-order valence-corrected chi connectivity index (χ2v) is 7.47. The van der Waals surface area contributed by atoms with E-state index in [9.17, 15) is 14.9 Å². The average molecular weight is 311 g/mol. The molecule has 0 unspecified atom stereocenters. The highest BCUT2D eigenvalue weighted by atomic mass is 16.6. The number of hydrogen-bond acceptors (Lipinski definition) is 5. The third kappa shape index (κ3) is 5.43. The summed E-state index contributed by atoms with van der Waals surface area (Å²) in [6.45, 7) is 11.0. The normalized spacial score (nSPS) is 22.0. The molecule has 1 rings (SSSR count). The summed E-state index contributed by atoms with van der Waals surface area (Å²) in [5.74, 6) is 0. The van der Waals surface area contributed by atoms with Gasteiger partial charge < -0.3 is 19.7 Å². The molecule has 0 spiro atoms. The van der Waals surface area contributed by atoms with Crippen LogP contribution < -0.4 is 5.32 Å². The van der Waals surface area contributed by atoms with E-state index in [1.54, 1.807) is 41.5 Å². The molecule has 1 fully saturated rings. The van der Waals surface area contributed by atoms with Crippen molar-refractivity contribution in [3.8, 4) is 6.07 Å². The van der Waals surface area contributed by atoms with Crippen molar-refractivity contribution in [3.05, 3.63) is 0 Å². The van der Waals surface area contributed by atoms with E-state index in [0.717, 1.165) is 0 Å². The van der Waals surface area contributed by atoms with Gasteiger partial charge in [0.1, 0.15) is 16.7 Å². The van der Waals surface area contributed by atoms with E-state index in [2.05, 4.69) is 11.4 Å². The lowest BCUT2D eigenvalue weighted by molar-refractivity contribution is 0.0273. The van der Waals surface area contributed by atoms with Gasteiger partial charge >= 0.3 is 12.2 Å². The van der Waals surface area contributed by atoms with Crippen LogP contribution in [0.5, 0.6) is 0 Å². The van der Waals surface area contributed by atoms with Crippen molar-refractivity contribution in [3.63, 3.8) is 0 Å². The second kappa shape index (κ2) is 6.03. The highest BCUT2D eigenvalue weighted by molar-refractivity contribution is 5.72. The maximum atomic E-state index is 12.0. The van der Waals surface area contributed by atoms with Crippen LogP contribution in [0, 0.1) is 11.3 Å². The number of nitriles is 1. The van der Waals surface area contributed by atoms with Gasteiger partial charge in [-0.2, -0.15) is 5.26 Å². The van der Waals surface area contributed by atoms with E-state index in [-0.39, 0.29) is 6.54 Å². The van der Waals surface area contributed by atoms with E-state index in [1.165, 1.54) is 4.90 Å². The van der Waals surface area contributed by atoms with Crippen LogP contribution >= 0.6 is 0 Å². The van der Waals surface area contributed by atoms with Gasteiger partial charge in [0.05, 0.1) is 12.6 Å². The van der Waals surface area contributed by atoms with Crippen LogP contribution in [0.2, 0.25) is 0 Å². The van der Waals surface area contributed by atoms with Crippen molar-refractivity contribution in [1.29, 1.82) is 5.26 Å². The van der Waals surface area contributed by atoms with Crippen molar-refractivity contribution in [2.75, 3.05) is 13.1 Å². The van der Waals surface area contributed by atoms with E-state index in [0.29, 0.717) is 13.0 Å². The number of hydrogen-bond donors (Lipinski definition) is 1. The third-order valence-corrected chi connectivity index (χ3v) is 2.88. The Kier molecular flexibility index (Phi) is 4.96. The van der Waals surface area contributed by atoms with Crippen LogP contribution in [0.15, 0.2) is 0 Å². The highest BCUT2D eigenvalue weighted by Gasteiger charge is 2.43. The molecule has 1 atom stereocenters. The molecule has 0 saturated carbocycles. The molecule has 22 heavy (non-hydrogen) atoms. The molecule has 0 bridgehead atoms. The lowest BCUT2D eigenvalue weighted by Crippen LogP contribution is -2.51. The smallest absolute Gasteiger partial charge is 0.410 e. The maximum Gasteiger partial charge on any atom is 0.410 e. The molecule has 0 aromatic heterocycles. The van der Waals surface area contributed by atoms with E-state index < -0.39 is 28.9 Å². The summed E-state index contributed by atoms with van der Waals surface area (Å²) < 4.78 is 10.4. The van der Waals surface area contributed by atoms with Gasteiger partial charge in [-0.05, 0) is 41.5 Å². The van der Waals surface area contributed by atoms with Gasteiger partial charge in [-0.15, -0.1) is 0 Å². The Labute approximate surface area is 131 Å². The topological polar surface area (TPSA) is 91.7 Å². The van der Waals surface area contributed by atoms with Gasteiger partial charge in [0.15, 0.2) is 0 Å². The quantitative estimate of drug-likeness (QED) is 0.803. The summed E-state index contributed by atoms with van der Waals surface area (Å²) in [6.07, 6.45) is -0.821. The SMILES string of the molecule is CC(C)(C)OC(=O)N[C@@]1(C#N)CCN(C(=O)OC(C)(C)C)C1. The van der Waals surface area contributed by atoms with Gasteiger partial charge in [-0.3, -0.25) is 0 Å². The summed E-state index contributed by atoms with van der Waals surface area (Å²) in [5.41, 5.74) is -2.39. The predicted octanol–water partition coefficient (Wildman–Crippen LogP) is 2.41. The standard InChI is InChI=1S/C15H25N3O4/c1-13(2,3)21-11(19)17-15(9-16)7-8-18(10-15)12(20)22-14(4,5)6/h7-8,10H2,1-6H3,(H,17,19)/t15-/m1/s1. The van der Waals surface area contributed by atoms with Crippen molar-refractivity contribution < 1.29 is 19.1 Å². The predicted molar refractivity (Wildman–Crippen MR) is 80.1 cm³/mol. The van der Waals surface area contributed by atoms with Gasteiger partial charge in [0.25, 0.3) is 0 Å². The first-order chi connectivity index (χ1) is 9.86. The molecule has 0 radical (unpaired) electrons. The Morgan fingerprint density at radius 3 is 2.14 bits per heavy atom. The minimum atomic E-state index is -1.14. The molecule has 1 N–H and O–H groups in total. The molecule has 124 valence electrons. The first kappa shape index (κ1) is 18.1. The van der Waals surface area contributed by atoms with Crippen molar-refractivity contribution >= 4 is 12.2 Å². The number of alkyl carbamates (subject to hydrolysis) is 1. The van der Waals surface area contributed by atoms with Crippen LogP contribution in [0.25, 0.3) is 0 Å². The van der Waals surface area contributed by atoms with Gasteiger partial charge in [0, 0.05) is 13.0 Å². The Morgan fingerprint density at radius 2 is 1.68 bits per heavy atom. The Hall–Kier alpha value is -1.97. The lowest BCUT2D eigenvalue weighted by Gasteiger charge is -2.27. The zero-order valence-electron chi connectivity index (χ0n) is 14.1. The molecule has 0 aromatic carbocycles. The second-order valence-electron chi connectivity index (χ2n) is 7.47. The number of ether oxygens (including phenoxy) is 2. The van der Waals surface area contributed by atoms with Crippen LogP contribution in [0.3, 0.4) is 0 Å². The first-order valence-corrected chi connectivity index (χ1v) is 7.26. The van der Waals surface area contributed by atoms with Crippen LogP contribution in [0.4, 0.5) is 9.59 Å². The zero-order chi connectivity index (χ0) is 17.2. The largest absolute Gasteiger partial charge is 0.444 e. The number of rotatable bonds is 1. The summed E-state index contributed by atoms with van der Waals surface area (Å²) >= 11 is 0.